The van der Waals surface area contributed by atoms with E-state index in [0.717, 1.165) is 12.0 Å². The summed E-state index contributed by atoms with van der Waals surface area (Å²) >= 11 is 0. The third-order valence-electron chi connectivity index (χ3n) is 3.63. The standard InChI is InChI=1S/C14H22N2O3S/c1-12(15-2)13-4-6-14(7-5-13)20(17,18)16-8-3-10-19-11-9-16/h4-7,12,15H,3,8-11H2,1-2H3. The van der Waals surface area contributed by atoms with Gasteiger partial charge in [-0.05, 0) is 38.1 Å². The van der Waals surface area contributed by atoms with Crippen molar-refractivity contribution < 1.29 is 13.2 Å². The van der Waals surface area contributed by atoms with Crippen LogP contribution in [0.1, 0.15) is 24.9 Å². The predicted octanol–water partition coefficient (Wildman–Crippen LogP) is 1.38. The Hall–Kier alpha value is -0.950. The van der Waals surface area contributed by atoms with E-state index in [-0.39, 0.29) is 6.04 Å². The molecule has 1 unspecified atom stereocenters. The van der Waals surface area contributed by atoms with Crippen molar-refractivity contribution in [2.24, 2.45) is 0 Å². The second kappa shape index (κ2) is 6.67. The molecule has 0 aromatic heterocycles. The Labute approximate surface area is 121 Å². The maximum absolute atomic E-state index is 12.5. The van der Waals surface area contributed by atoms with Crippen LogP contribution in [0.4, 0.5) is 0 Å². The van der Waals surface area contributed by atoms with Crippen molar-refractivity contribution in [1.82, 2.24) is 9.62 Å². The lowest BCUT2D eigenvalue weighted by atomic mass is 10.1. The Balaban J connectivity index is 2.20. The summed E-state index contributed by atoms with van der Waals surface area (Å²) in [6, 6.07) is 7.30. The molecule has 1 atom stereocenters. The predicted molar refractivity (Wildman–Crippen MR) is 78.1 cm³/mol. The quantitative estimate of drug-likeness (QED) is 0.912. The smallest absolute Gasteiger partial charge is 0.243 e. The van der Waals surface area contributed by atoms with Gasteiger partial charge in [0.1, 0.15) is 0 Å². The van der Waals surface area contributed by atoms with Crippen molar-refractivity contribution in [3.8, 4) is 0 Å². The van der Waals surface area contributed by atoms with Crippen molar-refractivity contribution in [2.45, 2.75) is 24.3 Å². The molecule has 0 aliphatic carbocycles. The van der Waals surface area contributed by atoms with Crippen LogP contribution < -0.4 is 5.32 Å². The van der Waals surface area contributed by atoms with Crippen LogP contribution in [0.25, 0.3) is 0 Å². The lowest BCUT2D eigenvalue weighted by Gasteiger charge is -2.19. The molecular weight excluding hydrogens is 276 g/mol. The topological polar surface area (TPSA) is 58.6 Å². The number of benzene rings is 1. The minimum absolute atomic E-state index is 0.207. The van der Waals surface area contributed by atoms with Gasteiger partial charge in [-0.15, -0.1) is 0 Å². The van der Waals surface area contributed by atoms with E-state index in [1.165, 1.54) is 4.31 Å². The van der Waals surface area contributed by atoms with Crippen LogP contribution in [0.5, 0.6) is 0 Å². The minimum atomic E-state index is -3.40. The number of sulfonamides is 1. The summed E-state index contributed by atoms with van der Waals surface area (Å²) in [4.78, 5) is 0.353. The first-order chi connectivity index (χ1) is 9.55. The summed E-state index contributed by atoms with van der Waals surface area (Å²) in [5, 5.41) is 3.13. The lowest BCUT2D eigenvalue weighted by molar-refractivity contribution is 0.148. The summed E-state index contributed by atoms with van der Waals surface area (Å²) in [5.74, 6) is 0. The Kier molecular flexibility index (Phi) is 5.15. The fourth-order valence-corrected chi connectivity index (χ4v) is 3.67. The molecule has 1 saturated heterocycles. The van der Waals surface area contributed by atoms with E-state index in [9.17, 15) is 8.42 Å². The third kappa shape index (κ3) is 3.38. The molecule has 0 spiro atoms. The molecule has 1 N–H and O–H groups in total. The van der Waals surface area contributed by atoms with Gasteiger partial charge in [0.15, 0.2) is 0 Å². The molecule has 1 aliphatic heterocycles. The van der Waals surface area contributed by atoms with Gasteiger partial charge in [0.05, 0.1) is 11.5 Å². The Morgan fingerprint density at radius 3 is 2.55 bits per heavy atom. The van der Waals surface area contributed by atoms with Crippen LogP contribution in [0.3, 0.4) is 0 Å². The average Bonchev–Trinajstić information content (AvgIpc) is 2.76. The molecule has 112 valence electrons. The monoisotopic (exact) mass is 298 g/mol. The fraction of sp³-hybridized carbons (Fsp3) is 0.571. The summed E-state index contributed by atoms with van der Waals surface area (Å²) in [6.07, 6.45) is 0.744. The molecule has 1 aromatic carbocycles. The largest absolute Gasteiger partial charge is 0.380 e. The molecule has 2 rings (SSSR count). The second-order valence-corrected chi connectivity index (χ2v) is 6.89. The van der Waals surface area contributed by atoms with Crippen LogP contribution in [-0.2, 0) is 14.8 Å². The highest BCUT2D eigenvalue weighted by atomic mass is 32.2. The van der Waals surface area contributed by atoms with Crippen molar-refractivity contribution in [3.05, 3.63) is 29.8 Å². The number of ether oxygens (including phenoxy) is 1. The maximum Gasteiger partial charge on any atom is 0.243 e. The summed E-state index contributed by atoms with van der Waals surface area (Å²) in [7, 11) is -1.52. The van der Waals surface area contributed by atoms with Crippen molar-refractivity contribution in [2.75, 3.05) is 33.4 Å². The zero-order chi connectivity index (χ0) is 14.6. The first-order valence-electron chi connectivity index (χ1n) is 6.91. The fourth-order valence-electron chi connectivity index (χ4n) is 2.21. The molecule has 0 radical (unpaired) electrons. The van der Waals surface area contributed by atoms with Gasteiger partial charge in [-0.2, -0.15) is 4.31 Å². The molecule has 1 fully saturated rings. The van der Waals surface area contributed by atoms with E-state index in [2.05, 4.69) is 5.32 Å². The van der Waals surface area contributed by atoms with Crippen molar-refractivity contribution in [1.29, 1.82) is 0 Å². The summed E-state index contributed by atoms with van der Waals surface area (Å²) in [5.41, 5.74) is 1.07. The van der Waals surface area contributed by atoms with Crippen LogP contribution >= 0.6 is 0 Å². The number of hydrogen-bond donors (Lipinski definition) is 1. The Morgan fingerprint density at radius 1 is 1.20 bits per heavy atom. The van der Waals surface area contributed by atoms with Gasteiger partial charge in [-0.25, -0.2) is 8.42 Å². The SMILES string of the molecule is CNC(C)c1ccc(S(=O)(=O)N2CCCOCC2)cc1. The number of rotatable bonds is 4. The van der Waals surface area contributed by atoms with E-state index in [1.54, 1.807) is 12.1 Å². The zero-order valence-electron chi connectivity index (χ0n) is 12.0. The highest BCUT2D eigenvalue weighted by Crippen LogP contribution is 2.20. The average molecular weight is 298 g/mol. The Bertz CT molecular complexity index is 520. The Morgan fingerprint density at radius 2 is 1.90 bits per heavy atom. The lowest BCUT2D eigenvalue weighted by Crippen LogP contribution is -2.33. The van der Waals surface area contributed by atoms with Gasteiger partial charge in [0.25, 0.3) is 0 Å². The number of nitrogens with zero attached hydrogens (tertiary/aromatic N) is 1. The molecule has 0 bridgehead atoms. The van der Waals surface area contributed by atoms with E-state index >= 15 is 0 Å². The van der Waals surface area contributed by atoms with Gasteiger partial charge >= 0.3 is 0 Å². The van der Waals surface area contributed by atoms with Crippen LogP contribution in [0.2, 0.25) is 0 Å². The van der Waals surface area contributed by atoms with Crippen LogP contribution in [-0.4, -0.2) is 46.1 Å². The van der Waals surface area contributed by atoms with Crippen molar-refractivity contribution in [3.63, 3.8) is 0 Å². The molecular formula is C14H22N2O3S. The van der Waals surface area contributed by atoms with Crippen molar-refractivity contribution >= 4 is 10.0 Å². The highest BCUT2D eigenvalue weighted by Gasteiger charge is 2.25. The molecule has 1 aliphatic rings. The van der Waals surface area contributed by atoms with Gasteiger partial charge in [0, 0.05) is 25.7 Å². The van der Waals surface area contributed by atoms with Gasteiger partial charge in [-0.3, -0.25) is 0 Å². The van der Waals surface area contributed by atoms with E-state index < -0.39 is 10.0 Å². The highest BCUT2D eigenvalue weighted by molar-refractivity contribution is 7.89. The first kappa shape index (κ1) is 15.4. The summed E-state index contributed by atoms with van der Waals surface area (Å²) < 4.78 is 31.9. The molecule has 0 saturated carbocycles. The van der Waals surface area contributed by atoms with Crippen LogP contribution in [0.15, 0.2) is 29.2 Å². The third-order valence-corrected chi connectivity index (χ3v) is 5.54. The number of nitrogens with one attached hydrogen (secondary N) is 1. The number of hydrogen-bond acceptors (Lipinski definition) is 4. The van der Waals surface area contributed by atoms with E-state index in [1.807, 2.05) is 26.1 Å². The molecule has 1 aromatic rings. The summed E-state index contributed by atoms with van der Waals surface area (Å²) in [6.45, 7) is 4.09. The van der Waals surface area contributed by atoms with Gasteiger partial charge in [0.2, 0.25) is 10.0 Å². The molecule has 0 amide bonds. The second-order valence-electron chi connectivity index (χ2n) is 4.95. The van der Waals surface area contributed by atoms with Gasteiger partial charge in [-0.1, -0.05) is 12.1 Å². The zero-order valence-corrected chi connectivity index (χ0v) is 12.8. The van der Waals surface area contributed by atoms with Crippen LogP contribution in [0, 0.1) is 0 Å². The van der Waals surface area contributed by atoms with E-state index in [4.69, 9.17) is 4.74 Å². The van der Waals surface area contributed by atoms with E-state index in [0.29, 0.717) is 31.2 Å². The maximum atomic E-state index is 12.5. The first-order valence-corrected chi connectivity index (χ1v) is 8.35. The molecule has 6 heteroatoms. The molecule has 20 heavy (non-hydrogen) atoms. The molecule has 1 heterocycles. The normalized spacial score (nSPS) is 19.5. The van der Waals surface area contributed by atoms with Gasteiger partial charge < -0.3 is 10.1 Å². The molecule has 5 nitrogen and oxygen atoms in total. The minimum Gasteiger partial charge on any atom is -0.380 e.